The van der Waals surface area contributed by atoms with E-state index in [1.807, 2.05) is 42.5 Å². The summed E-state index contributed by atoms with van der Waals surface area (Å²) < 4.78 is 14.3. The van der Waals surface area contributed by atoms with Crippen LogP contribution in [0.2, 0.25) is 0 Å². The number of nitrogens with zero attached hydrogens (tertiary/aromatic N) is 3. The van der Waals surface area contributed by atoms with E-state index >= 15 is 0 Å². The molecule has 6 heteroatoms. The van der Waals surface area contributed by atoms with Gasteiger partial charge in [0.2, 0.25) is 5.13 Å². The summed E-state index contributed by atoms with van der Waals surface area (Å²) in [6.07, 6.45) is 1.62. The van der Waals surface area contributed by atoms with Crippen LogP contribution in [0.25, 0.3) is 10.2 Å². The number of carbonyl (C=O) groups is 1. The molecule has 0 unspecified atom stereocenters. The van der Waals surface area contributed by atoms with Crippen molar-refractivity contribution in [3.63, 3.8) is 0 Å². The molecular weight excluding hydrogens is 409 g/mol. The fraction of sp³-hybridized carbons (Fsp3) is 0.160. The van der Waals surface area contributed by atoms with Crippen LogP contribution in [0.4, 0.5) is 9.52 Å². The first-order valence-electron chi connectivity index (χ1n) is 9.91. The lowest BCUT2D eigenvalue weighted by molar-refractivity contribution is 0.0988. The number of benzene rings is 3. The summed E-state index contributed by atoms with van der Waals surface area (Å²) in [5.74, 6) is -0.640. The van der Waals surface area contributed by atoms with Crippen LogP contribution in [0.3, 0.4) is 0 Å². The monoisotopic (exact) mass is 431 g/mol. The van der Waals surface area contributed by atoms with Gasteiger partial charge in [0.1, 0.15) is 5.82 Å². The molecule has 4 rings (SSSR count). The SMILES string of the molecule is CC(C)(C)c1ccc(C(=O)N(/N=C/c2ccccc2)c2nc3ccc(F)cc3s2)cc1. The van der Waals surface area contributed by atoms with Crippen LogP contribution in [-0.2, 0) is 5.41 Å². The highest BCUT2D eigenvalue weighted by molar-refractivity contribution is 7.22. The van der Waals surface area contributed by atoms with Crippen molar-refractivity contribution in [2.24, 2.45) is 5.10 Å². The normalized spacial score (nSPS) is 11.9. The average molecular weight is 432 g/mol. The largest absolute Gasteiger partial charge is 0.280 e. The van der Waals surface area contributed by atoms with E-state index in [1.165, 1.54) is 28.5 Å². The first-order chi connectivity index (χ1) is 14.8. The highest BCUT2D eigenvalue weighted by Gasteiger charge is 2.22. The maximum absolute atomic E-state index is 13.6. The smallest absolute Gasteiger partial charge is 0.267 e. The predicted molar refractivity (Wildman–Crippen MR) is 126 cm³/mol. The number of carbonyl (C=O) groups excluding carboxylic acids is 1. The zero-order valence-electron chi connectivity index (χ0n) is 17.5. The van der Waals surface area contributed by atoms with E-state index in [0.717, 1.165) is 11.1 Å². The summed E-state index contributed by atoms with van der Waals surface area (Å²) in [7, 11) is 0. The Labute approximate surface area is 184 Å². The van der Waals surface area contributed by atoms with Gasteiger partial charge in [0.25, 0.3) is 5.91 Å². The van der Waals surface area contributed by atoms with E-state index in [-0.39, 0.29) is 17.1 Å². The quantitative estimate of drug-likeness (QED) is 0.277. The second-order valence-corrected chi connectivity index (χ2v) is 9.22. The minimum Gasteiger partial charge on any atom is -0.267 e. The van der Waals surface area contributed by atoms with Gasteiger partial charge < -0.3 is 0 Å². The number of amides is 1. The highest BCUT2D eigenvalue weighted by atomic mass is 32.1. The molecule has 0 bridgehead atoms. The van der Waals surface area contributed by atoms with Gasteiger partial charge in [-0.3, -0.25) is 4.79 Å². The minimum absolute atomic E-state index is 0.0101. The molecule has 0 radical (unpaired) electrons. The zero-order chi connectivity index (χ0) is 22.0. The van der Waals surface area contributed by atoms with E-state index in [1.54, 1.807) is 24.4 Å². The molecule has 0 saturated carbocycles. The molecule has 0 fully saturated rings. The summed E-state index contributed by atoms with van der Waals surface area (Å²) in [4.78, 5) is 17.9. The Bertz CT molecular complexity index is 1240. The molecule has 0 aliphatic rings. The van der Waals surface area contributed by atoms with Gasteiger partial charge in [0, 0.05) is 5.56 Å². The Balaban J connectivity index is 1.73. The number of thiazole rings is 1. The Morgan fingerprint density at radius 2 is 1.74 bits per heavy atom. The molecule has 4 aromatic rings. The lowest BCUT2D eigenvalue weighted by Crippen LogP contribution is -2.25. The van der Waals surface area contributed by atoms with E-state index in [9.17, 15) is 9.18 Å². The van der Waals surface area contributed by atoms with Gasteiger partial charge in [-0.25, -0.2) is 9.37 Å². The van der Waals surface area contributed by atoms with Gasteiger partial charge in [-0.15, -0.1) is 0 Å². The van der Waals surface area contributed by atoms with E-state index in [2.05, 4.69) is 30.9 Å². The zero-order valence-corrected chi connectivity index (χ0v) is 18.4. The number of fused-ring (bicyclic) bond motifs is 1. The number of anilines is 1. The van der Waals surface area contributed by atoms with Crippen LogP contribution >= 0.6 is 11.3 Å². The molecule has 0 aliphatic heterocycles. The molecule has 1 amide bonds. The van der Waals surface area contributed by atoms with Crippen molar-refractivity contribution in [1.82, 2.24) is 4.98 Å². The van der Waals surface area contributed by atoms with E-state index < -0.39 is 0 Å². The summed E-state index contributed by atoms with van der Waals surface area (Å²) in [6.45, 7) is 6.38. The number of hydrazone groups is 1. The molecule has 31 heavy (non-hydrogen) atoms. The molecule has 1 aromatic heterocycles. The fourth-order valence-corrected chi connectivity index (χ4v) is 4.01. The van der Waals surface area contributed by atoms with Crippen LogP contribution in [0.1, 0.15) is 42.3 Å². The molecule has 1 heterocycles. The number of hydrogen-bond acceptors (Lipinski definition) is 4. The molecule has 0 aliphatic carbocycles. The molecule has 0 saturated heterocycles. The van der Waals surface area contributed by atoms with E-state index in [4.69, 9.17) is 0 Å². The summed E-state index contributed by atoms with van der Waals surface area (Å²) >= 11 is 1.23. The van der Waals surface area contributed by atoms with Crippen molar-refractivity contribution in [1.29, 1.82) is 0 Å². The number of hydrogen-bond donors (Lipinski definition) is 0. The van der Waals surface area contributed by atoms with Crippen molar-refractivity contribution >= 4 is 38.8 Å². The molecule has 3 aromatic carbocycles. The molecule has 4 nitrogen and oxygen atoms in total. The van der Waals surface area contributed by atoms with Crippen molar-refractivity contribution in [2.75, 3.05) is 5.01 Å². The van der Waals surface area contributed by atoms with Crippen molar-refractivity contribution < 1.29 is 9.18 Å². The van der Waals surface area contributed by atoms with Gasteiger partial charge in [0.15, 0.2) is 0 Å². The molecular formula is C25H22FN3OS. The third-order valence-electron chi connectivity index (χ3n) is 4.83. The lowest BCUT2D eigenvalue weighted by atomic mass is 9.87. The number of aromatic nitrogens is 1. The van der Waals surface area contributed by atoms with Gasteiger partial charge in [-0.05, 0) is 46.9 Å². The Morgan fingerprint density at radius 1 is 1.03 bits per heavy atom. The van der Waals surface area contributed by atoms with Gasteiger partial charge in [-0.2, -0.15) is 10.1 Å². The molecule has 0 N–H and O–H groups in total. The summed E-state index contributed by atoms with van der Waals surface area (Å²) in [5, 5.41) is 6.11. The maximum Gasteiger partial charge on any atom is 0.280 e. The topological polar surface area (TPSA) is 45.6 Å². The fourth-order valence-electron chi connectivity index (χ4n) is 3.06. The van der Waals surface area contributed by atoms with Crippen LogP contribution in [-0.4, -0.2) is 17.1 Å². The van der Waals surface area contributed by atoms with Crippen LogP contribution < -0.4 is 5.01 Å². The number of halogens is 1. The van der Waals surface area contributed by atoms with Gasteiger partial charge >= 0.3 is 0 Å². The van der Waals surface area contributed by atoms with Crippen LogP contribution in [0.15, 0.2) is 77.9 Å². The Hall–Kier alpha value is -3.38. The second-order valence-electron chi connectivity index (χ2n) is 8.21. The van der Waals surface area contributed by atoms with Crippen molar-refractivity contribution in [3.8, 4) is 0 Å². The Kier molecular flexibility index (Phi) is 5.65. The maximum atomic E-state index is 13.6. The number of rotatable bonds is 4. The van der Waals surface area contributed by atoms with Crippen LogP contribution in [0, 0.1) is 5.82 Å². The summed E-state index contributed by atoms with van der Waals surface area (Å²) in [5.41, 5.74) is 3.11. The van der Waals surface area contributed by atoms with Crippen LogP contribution in [0.5, 0.6) is 0 Å². The first-order valence-corrected chi connectivity index (χ1v) is 10.7. The Morgan fingerprint density at radius 3 is 2.42 bits per heavy atom. The minimum atomic E-state index is -0.342. The van der Waals surface area contributed by atoms with Gasteiger partial charge in [0.05, 0.1) is 16.4 Å². The predicted octanol–water partition coefficient (Wildman–Crippen LogP) is 6.41. The molecule has 0 atom stereocenters. The first kappa shape index (κ1) is 20.9. The second kappa shape index (κ2) is 8.40. The van der Waals surface area contributed by atoms with E-state index in [0.29, 0.717) is 20.9 Å². The lowest BCUT2D eigenvalue weighted by Gasteiger charge is -2.19. The molecule has 156 valence electrons. The summed E-state index contributed by atoms with van der Waals surface area (Å²) in [6, 6.07) is 21.4. The third-order valence-corrected chi connectivity index (χ3v) is 5.83. The average Bonchev–Trinajstić information content (AvgIpc) is 3.16. The van der Waals surface area contributed by atoms with Crippen molar-refractivity contribution in [3.05, 3.63) is 95.3 Å². The van der Waals surface area contributed by atoms with Crippen molar-refractivity contribution in [2.45, 2.75) is 26.2 Å². The third kappa shape index (κ3) is 4.70. The highest BCUT2D eigenvalue weighted by Crippen LogP contribution is 2.31. The van der Waals surface area contributed by atoms with Gasteiger partial charge in [-0.1, -0.05) is 74.6 Å². The standard InChI is InChI=1S/C25H22FN3OS/c1-25(2,3)19-11-9-18(10-12-19)23(30)29(27-16-17-7-5-4-6-8-17)24-28-21-14-13-20(26)15-22(21)31-24/h4-16H,1-3H3/b27-16+. The molecule has 0 spiro atoms.